The van der Waals surface area contributed by atoms with Crippen molar-refractivity contribution in [2.24, 2.45) is 0 Å². The highest BCUT2D eigenvalue weighted by molar-refractivity contribution is 5.98. The van der Waals surface area contributed by atoms with E-state index in [9.17, 15) is 19.5 Å². The molecular weight excluding hydrogens is 334 g/mol. The topological polar surface area (TPSA) is 92.7 Å². The third-order valence-corrected chi connectivity index (χ3v) is 4.39. The molecule has 2 N–H and O–H groups in total. The van der Waals surface area contributed by atoms with E-state index >= 15 is 0 Å². The van der Waals surface area contributed by atoms with Crippen LogP contribution in [0.25, 0.3) is 11.1 Å². The van der Waals surface area contributed by atoms with Gasteiger partial charge in [-0.3, -0.25) is 9.59 Å². The number of carboxylic acid groups (broad SMARTS) is 1. The van der Waals surface area contributed by atoms with Crippen molar-refractivity contribution in [3.8, 4) is 11.1 Å². The maximum atomic E-state index is 12.9. The minimum Gasteiger partial charge on any atom is -0.480 e. The average molecular weight is 353 g/mol. The average Bonchev–Trinajstić information content (AvgIpc) is 2.96. The first-order valence-electron chi connectivity index (χ1n) is 8.40. The van der Waals surface area contributed by atoms with Crippen LogP contribution < -0.4 is 5.32 Å². The number of ether oxygens (including phenoxy) is 1. The minimum atomic E-state index is -1.33. The molecule has 1 atom stereocenters. The van der Waals surface area contributed by atoms with E-state index in [0.717, 1.165) is 22.3 Å². The van der Waals surface area contributed by atoms with Gasteiger partial charge in [0.05, 0.1) is 18.9 Å². The second-order valence-corrected chi connectivity index (χ2v) is 6.02. The molecule has 6 nitrogen and oxygen atoms in total. The maximum absolute atomic E-state index is 12.9. The zero-order chi connectivity index (χ0) is 18.7. The quantitative estimate of drug-likeness (QED) is 0.778. The normalized spacial score (nSPS) is 13.4. The Morgan fingerprint density at radius 3 is 2.08 bits per heavy atom. The molecule has 0 fully saturated rings. The molecule has 0 spiro atoms. The van der Waals surface area contributed by atoms with Crippen LogP contribution in [0, 0.1) is 0 Å². The van der Waals surface area contributed by atoms with Gasteiger partial charge in [0.15, 0.2) is 0 Å². The minimum absolute atomic E-state index is 0.155. The van der Waals surface area contributed by atoms with Crippen LogP contribution in [0.15, 0.2) is 48.5 Å². The molecule has 0 saturated carbocycles. The molecule has 1 aliphatic carbocycles. The van der Waals surface area contributed by atoms with Crippen LogP contribution in [-0.2, 0) is 19.1 Å². The van der Waals surface area contributed by atoms with Crippen molar-refractivity contribution in [1.29, 1.82) is 0 Å². The summed E-state index contributed by atoms with van der Waals surface area (Å²) in [5, 5.41) is 11.8. The second kappa shape index (κ2) is 7.39. The maximum Gasteiger partial charge on any atom is 0.326 e. The van der Waals surface area contributed by atoms with Crippen LogP contribution in [-0.4, -0.2) is 35.6 Å². The number of rotatable bonds is 6. The second-order valence-electron chi connectivity index (χ2n) is 6.02. The Hall–Kier alpha value is -3.15. The van der Waals surface area contributed by atoms with Gasteiger partial charge in [0.1, 0.15) is 6.04 Å². The van der Waals surface area contributed by atoms with Crippen LogP contribution in [0.5, 0.6) is 0 Å². The van der Waals surface area contributed by atoms with E-state index in [-0.39, 0.29) is 6.61 Å². The summed E-state index contributed by atoms with van der Waals surface area (Å²) >= 11 is 0. The standard InChI is InChI=1S/C20H19NO5/c1-2-26-17(22)11-16(20(24)25)21-19(23)18-14-9-5-3-7-12(14)13-8-4-6-10-15(13)18/h3-10,16,18H,2,11H2,1H3,(H,21,23)(H,24,25)/t16-/m1/s1. The van der Waals surface area contributed by atoms with Crippen molar-refractivity contribution in [2.75, 3.05) is 6.61 Å². The van der Waals surface area contributed by atoms with E-state index in [1.165, 1.54) is 0 Å². The summed E-state index contributed by atoms with van der Waals surface area (Å²) in [6.45, 7) is 1.79. The van der Waals surface area contributed by atoms with E-state index in [0.29, 0.717) is 0 Å². The lowest BCUT2D eigenvalue weighted by atomic mass is 9.95. The number of carboxylic acids is 1. The van der Waals surface area contributed by atoms with Crippen molar-refractivity contribution in [2.45, 2.75) is 25.3 Å². The lowest BCUT2D eigenvalue weighted by Gasteiger charge is -2.18. The molecule has 26 heavy (non-hydrogen) atoms. The third-order valence-electron chi connectivity index (χ3n) is 4.39. The van der Waals surface area contributed by atoms with Gasteiger partial charge < -0.3 is 15.2 Å². The molecule has 2 aromatic carbocycles. The molecular formula is C20H19NO5. The summed E-state index contributed by atoms with van der Waals surface area (Å²) in [5.74, 6) is -2.98. The van der Waals surface area contributed by atoms with Gasteiger partial charge >= 0.3 is 11.9 Å². The highest BCUT2D eigenvalue weighted by Crippen LogP contribution is 2.44. The lowest BCUT2D eigenvalue weighted by molar-refractivity contribution is -0.150. The molecule has 6 heteroatoms. The van der Waals surface area contributed by atoms with Crippen LogP contribution >= 0.6 is 0 Å². The van der Waals surface area contributed by atoms with E-state index in [1.54, 1.807) is 6.92 Å². The molecule has 1 amide bonds. The Morgan fingerprint density at radius 2 is 1.58 bits per heavy atom. The van der Waals surface area contributed by atoms with E-state index in [1.807, 2.05) is 48.5 Å². The van der Waals surface area contributed by atoms with Gasteiger partial charge in [-0.1, -0.05) is 48.5 Å². The largest absolute Gasteiger partial charge is 0.480 e. The molecule has 0 aliphatic heterocycles. The van der Waals surface area contributed by atoms with Crippen molar-refractivity contribution in [3.05, 3.63) is 59.7 Å². The molecule has 0 saturated heterocycles. The van der Waals surface area contributed by atoms with Crippen molar-refractivity contribution >= 4 is 17.8 Å². The number of benzene rings is 2. The first kappa shape index (κ1) is 17.7. The Balaban J connectivity index is 1.87. The molecule has 0 bridgehead atoms. The first-order valence-corrected chi connectivity index (χ1v) is 8.40. The Labute approximate surface area is 150 Å². The Morgan fingerprint density at radius 1 is 1.04 bits per heavy atom. The van der Waals surface area contributed by atoms with Crippen molar-refractivity contribution in [1.82, 2.24) is 5.32 Å². The van der Waals surface area contributed by atoms with Crippen molar-refractivity contribution in [3.63, 3.8) is 0 Å². The molecule has 1 aliphatic rings. The molecule has 0 radical (unpaired) electrons. The summed E-state index contributed by atoms with van der Waals surface area (Å²) in [5.41, 5.74) is 3.57. The van der Waals surface area contributed by atoms with Crippen LogP contribution in [0.3, 0.4) is 0 Å². The summed E-state index contributed by atoms with van der Waals surface area (Å²) in [4.78, 5) is 36.0. The number of hydrogen-bond acceptors (Lipinski definition) is 4. The summed E-state index contributed by atoms with van der Waals surface area (Å²) < 4.78 is 4.79. The number of esters is 1. The fraction of sp³-hybridized carbons (Fsp3) is 0.250. The number of fused-ring (bicyclic) bond motifs is 3. The zero-order valence-electron chi connectivity index (χ0n) is 14.3. The molecule has 3 rings (SSSR count). The van der Waals surface area contributed by atoms with Crippen LogP contribution in [0.4, 0.5) is 0 Å². The smallest absolute Gasteiger partial charge is 0.326 e. The van der Waals surface area contributed by atoms with Crippen molar-refractivity contribution < 1.29 is 24.2 Å². The third kappa shape index (κ3) is 3.31. The van der Waals surface area contributed by atoms with Crippen LogP contribution in [0.1, 0.15) is 30.4 Å². The molecule has 0 heterocycles. The number of carbonyl (C=O) groups is 3. The Kier molecular flexibility index (Phi) is 5.02. The fourth-order valence-corrected chi connectivity index (χ4v) is 3.28. The molecule has 0 unspecified atom stereocenters. The van der Waals surface area contributed by atoms with Gasteiger partial charge in [-0.05, 0) is 29.2 Å². The Bertz CT molecular complexity index is 815. The highest BCUT2D eigenvalue weighted by atomic mass is 16.5. The zero-order valence-corrected chi connectivity index (χ0v) is 14.3. The molecule has 134 valence electrons. The van der Waals surface area contributed by atoms with Gasteiger partial charge in [-0.15, -0.1) is 0 Å². The van der Waals surface area contributed by atoms with Gasteiger partial charge in [-0.25, -0.2) is 4.79 Å². The van der Waals surface area contributed by atoms with E-state index in [4.69, 9.17) is 4.74 Å². The van der Waals surface area contributed by atoms with E-state index < -0.39 is 36.2 Å². The highest BCUT2D eigenvalue weighted by Gasteiger charge is 2.35. The SMILES string of the molecule is CCOC(=O)C[C@@H](NC(=O)C1c2ccccc2-c2ccccc21)C(=O)O. The van der Waals surface area contributed by atoms with Crippen LogP contribution in [0.2, 0.25) is 0 Å². The summed E-state index contributed by atoms with van der Waals surface area (Å²) in [7, 11) is 0. The predicted molar refractivity (Wildman–Crippen MR) is 94.5 cm³/mol. The summed E-state index contributed by atoms with van der Waals surface area (Å²) in [6.07, 6.45) is -0.412. The van der Waals surface area contributed by atoms with Gasteiger partial charge in [-0.2, -0.15) is 0 Å². The van der Waals surface area contributed by atoms with Gasteiger partial charge in [0.25, 0.3) is 0 Å². The fourth-order valence-electron chi connectivity index (χ4n) is 3.28. The lowest BCUT2D eigenvalue weighted by Crippen LogP contribution is -2.44. The number of hydrogen-bond donors (Lipinski definition) is 2. The van der Waals surface area contributed by atoms with Gasteiger partial charge in [0, 0.05) is 0 Å². The number of amides is 1. The predicted octanol–water partition coefficient (Wildman–Crippen LogP) is 2.32. The number of nitrogens with one attached hydrogen (secondary N) is 1. The monoisotopic (exact) mass is 353 g/mol. The first-order chi connectivity index (χ1) is 12.5. The molecule has 0 aromatic heterocycles. The van der Waals surface area contributed by atoms with Gasteiger partial charge in [0.2, 0.25) is 5.91 Å². The molecule has 2 aromatic rings. The summed E-state index contributed by atoms with van der Waals surface area (Å²) in [6, 6.07) is 13.8. The number of carbonyl (C=O) groups excluding carboxylic acids is 2. The van der Waals surface area contributed by atoms with E-state index in [2.05, 4.69) is 5.32 Å². The number of aliphatic carboxylic acids is 1.